The van der Waals surface area contributed by atoms with Gasteiger partial charge in [-0.2, -0.15) is 13.2 Å². The van der Waals surface area contributed by atoms with Gasteiger partial charge in [0.2, 0.25) is 5.91 Å². The van der Waals surface area contributed by atoms with Crippen LogP contribution >= 0.6 is 0 Å². The topological polar surface area (TPSA) is 55.1 Å². The van der Waals surface area contributed by atoms with Crippen molar-refractivity contribution in [3.63, 3.8) is 0 Å². The van der Waals surface area contributed by atoms with Crippen molar-refractivity contribution in [3.05, 3.63) is 29.8 Å². The molecule has 0 aromatic heterocycles. The van der Waals surface area contributed by atoms with Crippen LogP contribution in [0.15, 0.2) is 24.3 Å². The second kappa shape index (κ2) is 4.52. The third kappa shape index (κ3) is 2.89. The molecule has 0 heterocycles. The quantitative estimate of drug-likeness (QED) is 0.889. The third-order valence-corrected chi connectivity index (χ3v) is 3.40. The van der Waals surface area contributed by atoms with Crippen LogP contribution in [-0.4, -0.2) is 11.4 Å². The Morgan fingerprint density at radius 2 is 1.89 bits per heavy atom. The monoisotopic (exact) mass is 272 g/mol. The van der Waals surface area contributed by atoms with Crippen LogP contribution in [0.25, 0.3) is 0 Å². The molecule has 1 aliphatic rings. The molecule has 1 unspecified atom stereocenters. The normalized spacial score (nSPS) is 18.8. The first-order valence-corrected chi connectivity index (χ1v) is 5.99. The van der Waals surface area contributed by atoms with Crippen molar-refractivity contribution in [1.82, 2.24) is 0 Å². The highest BCUT2D eigenvalue weighted by Gasteiger charge is 2.44. The van der Waals surface area contributed by atoms with Crippen molar-refractivity contribution in [1.29, 1.82) is 0 Å². The summed E-state index contributed by atoms with van der Waals surface area (Å²) in [7, 11) is 0. The Kier molecular flexibility index (Phi) is 3.30. The Labute approximate surface area is 109 Å². The van der Waals surface area contributed by atoms with Crippen LogP contribution in [0.4, 0.5) is 18.9 Å². The van der Waals surface area contributed by atoms with E-state index in [9.17, 15) is 18.0 Å². The van der Waals surface area contributed by atoms with E-state index in [2.05, 4.69) is 5.32 Å². The molecule has 19 heavy (non-hydrogen) atoms. The van der Waals surface area contributed by atoms with Crippen molar-refractivity contribution in [3.8, 4) is 0 Å². The zero-order valence-electron chi connectivity index (χ0n) is 10.4. The van der Waals surface area contributed by atoms with Crippen LogP contribution in [0.5, 0.6) is 0 Å². The molecule has 104 valence electrons. The SMILES string of the molecule is CC(N)(C(=O)Nc1ccccc1C(F)(F)F)C1CC1. The molecule has 1 atom stereocenters. The van der Waals surface area contributed by atoms with Crippen molar-refractivity contribution in [2.24, 2.45) is 11.7 Å². The molecule has 0 aliphatic heterocycles. The minimum atomic E-state index is -4.51. The molecule has 1 aromatic rings. The van der Waals surface area contributed by atoms with Crippen LogP contribution in [0.1, 0.15) is 25.3 Å². The summed E-state index contributed by atoms with van der Waals surface area (Å²) >= 11 is 0. The lowest BCUT2D eigenvalue weighted by Gasteiger charge is -2.24. The number of hydrogen-bond donors (Lipinski definition) is 2. The van der Waals surface area contributed by atoms with Crippen molar-refractivity contribution in [2.45, 2.75) is 31.5 Å². The summed E-state index contributed by atoms with van der Waals surface area (Å²) in [6.45, 7) is 1.55. The maximum absolute atomic E-state index is 12.8. The van der Waals surface area contributed by atoms with E-state index in [1.165, 1.54) is 18.2 Å². The van der Waals surface area contributed by atoms with E-state index in [1.807, 2.05) is 0 Å². The highest BCUT2D eigenvalue weighted by molar-refractivity contribution is 5.98. The van der Waals surface area contributed by atoms with E-state index >= 15 is 0 Å². The Hall–Kier alpha value is -1.56. The number of alkyl halides is 3. The van der Waals surface area contributed by atoms with Crippen LogP contribution in [0, 0.1) is 5.92 Å². The lowest BCUT2D eigenvalue weighted by molar-refractivity contribution is -0.137. The third-order valence-electron chi connectivity index (χ3n) is 3.40. The number of carbonyl (C=O) groups excluding carboxylic acids is 1. The van der Waals surface area contributed by atoms with Gasteiger partial charge in [-0.3, -0.25) is 4.79 Å². The number of nitrogens with two attached hydrogens (primary N) is 1. The highest BCUT2D eigenvalue weighted by atomic mass is 19.4. The smallest absolute Gasteiger partial charge is 0.324 e. The van der Waals surface area contributed by atoms with E-state index in [1.54, 1.807) is 6.92 Å². The van der Waals surface area contributed by atoms with Gasteiger partial charge in [-0.15, -0.1) is 0 Å². The van der Waals surface area contributed by atoms with E-state index in [0.29, 0.717) is 0 Å². The number of halogens is 3. The number of nitrogens with one attached hydrogen (secondary N) is 1. The molecule has 0 bridgehead atoms. The average Bonchev–Trinajstić information content (AvgIpc) is 3.12. The summed E-state index contributed by atoms with van der Waals surface area (Å²) < 4.78 is 38.4. The number of benzene rings is 1. The fourth-order valence-corrected chi connectivity index (χ4v) is 1.96. The van der Waals surface area contributed by atoms with E-state index in [-0.39, 0.29) is 11.6 Å². The highest BCUT2D eigenvalue weighted by Crippen LogP contribution is 2.39. The van der Waals surface area contributed by atoms with Gasteiger partial charge in [0.1, 0.15) is 0 Å². The van der Waals surface area contributed by atoms with Crippen LogP contribution in [-0.2, 0) is 11.0 Å². The summed E-state index contributed by atoms with van der Waals surface area (Å²) in [4.78, 5) is 12.0. The second-order valence-corrected chi connectivity index (χ2v) is 5.05. The molecule has 1 saturated carbocycles. The predicted molar refractivity (Wildman–Crippen MR) is 65.4 cm³/mol. The number of rotatable bonds is 3. The van der Waals surface area contributed by atoms with Crippen molar-refractivity contribution in [2.75, 3.05) is 5.32 Å². The second-order valence-electron chi connectivity index (χ2n) is 5.05. The van der Waals surface area contributed by atoms with E-state index < -0.39 is 23.2 Å². The number of hydrogen-bond acceptors (Lipinski definition) is 2. The Bertz CT molecular complexity index is 493. The summed E-state index contributed by atoms with van der Waals surface area (Å²) in [6.07, 6.45) is -2.84. The molecule has 1 fully saturated rings. The molecule has 2 rings (SSSR count). The Balaban J connectivity index is 2.22. The number of anilines is 1. The number of amides is 1. The van der Waals surface area contributed by atoms with Gasteiger partial charge in [0, 0.05) is 0 Å². The molecular weight excluding hydrogens is 257 g/mol. The lowest BCUT2D eigenvalue weighted by Crippen LogP contribution is -2.50. The Morgan fingerprint density at radius 1 is 1.32 bits per heavy atom. The summed E-state index contributed by atoms with van der Waals surface area (Å²) in [5.74, 6) is -0.530. The van der Waals surface area contributed by atoms with E-state index in [4.69, 9.17) is 5.73 Å². The summed E-state index contributed by atoms with van der Waals surface area (Å²) in [6, 6.07) is 4.88. The predicted octanol–water partition coefficient (Wildman–Crippen LogP) is 2.77. The molecule has 0 saturated heterocycles. The number of carbonyl (C=O) groups is 1. The molecular formula is C13H15F3N2O. The van der Waals surface area contributed by atoms with Gasteiger partial charge in [-0.1, -0.05) is 12.1 Å². The van der Waals surface area contributed by atoms with Crippen LogP contribution in [0.2, 0.25) is 0 Å². The molecule has 6 heteroatoms. The molecule has 0 spiro atoms. The Morgan fingerprint density at radius 3 is 2.42 bits per heavy atom. The molecule has 3 nitrogen and oxygen atoms in total. The molecule has 1 aliphatic carbocycles. The summed E-state index contributed by atoms with van der Waals surface area (Å²) in [5.41, 5.74) is 3.63. The maximum atomic E-state index is 12.8. The molecule has 1 amide bonds. The minimum Gasteiger partial charge on any atom is -0.324 e. The van der Waals surface area contributed by atoms with Gasteiger partial charge in [0.05, 0.1) is 16.8 Å². The fourth-order valence-electron chi connectivity index (χ4n) is 1.96. The lowest BCUT2D eigenvalue weighted by atomic mass is 9.96. The number of para-hydroxylation sites is 1. The molecule has 0 radical (unpaired) electrons. The average molecular weight is 272 g/mol. The first-order valence-electron chi connectivity index (χ1n) is 5.99. The fraction of sp³-hybridized carbons (Fsp3) is 0.462. The first kappa shape index (κ1) is 13.9. The van der Waals surface area contributed by atoms with Gasteiger partial charge in [0.25, 0.3) is 0 Å². The minimum absolute atomic E-state index is 0.0468. The maximum Gasteiger partial charge on any atom is 0.418 e. The van der Waals surface area contributed by atoms with Crippen LogP contribution in [0.3, 0.4) is 0 Å². The van der Waals surface area contributed by atoms with Crippen LogP contribution < -0.4 is 11.1 Å². The molecule has 3 N–H and O–H groups in total. The van der Waals surface area contributed by atoms with Gasteiger partial charge in [-0.25, -0.2) is 0 Å². The first-order chi connectivity index (χ1) is 8.73. The van der Waals surface area contributed by atoms with Crippen molar-refractivity contribution < 1.29 is 18.0 Å². The summed E-state index contributed by atoms with van der Waals surface area (Å²) in [5, 5.41) is 2.29. The largest absolute Gasteiger partial charge is 0.418 e. The van der Waals surface area contributed by atoms with E-state index in [0.717, 1.165) is 18.9 Å². The zero-order valence-corrected chi connectivity index (χ0v) is 10.4. The van der Waals surface area contributed by atoms with Gasteiger partial charge in [0.15, 0.2) is 0 Å². The van der Waals surface area contributed by atoms with Gasteiger partial charge in [-0.05, 0) is 37.8 Å². The molecule has 1 aromatic carbocycles. The standard InChI is InChI=1S/C13H15F3N2O/c1-12(17,8-6-7-8)11(19)18-10-5-3-2-4-9(10)13(14,15)16/h2-5,8H,6-7,17H2,1H3,(H,18,19). The van der Waals surface area contributed by atoms with Crippen molar-refractivity contribution >= 4 is 11.6 Å². The van der Waals surface area contributed by atoms with Gasteiger partial charge < -0.3 is 11.1 Å². The zero-order chi connectivity index (χ0) is 14.3. The van der Waals surface area contributed by atoms with Gasteiger partial charge >= 0.3 is 6.18 Å².